The Kier molecular flexibility index (Phi) is 4.08. The van der Waals surface area contributed by atoms with Gasteiger partial charge in [0, 0.05) is 32.6 Å². The van der Waals surface area contributed by atoms with Crippen LogP contribution in [-0.4, -0.2) is 34.4 Å². The van der Waals surface area contributed by atoms with Gasteiger partial charge in [0.2, 0.25) is 0 Å². The molecule has 22 heavy (non-hydrogen) atoms. The van der Waals surface area contributed by atoms with Crippen molar-refractivity contribution in [1.82, 2.24) is 14.5 Å². The molecule has 0 amide bonds. The van der Waals surface area contributed by atoms with Crippen LogP contribution in [0.5, 0.6) is 0 Å². The van der Waals surface area contributed by atoms with Gasteiger partial charge in [0.05, 0.1) is 0 Å². The maximum Gasteiger partial charge on any atom is 0.160 e. The maximum atomic E-state index is 5.99. The molecule has 0 bridgehead atoms. The number of hydrogen-bond acceptors (Lipinski definition) is 4. The first-order valence-electron chi connectivity index (χ1n) is 8.42. The van der Waals surface area contributed by atoms with E-state index in [1.165, 1.54) is 6.42 Å². The third-order valence-electron chi connectivity index (χ3n) is 4.78. The van der Waals surface area contributed by atoms with Crippen molar-refractivity contribution in [3.05, 3.63) is 24.2 Å². The Hall–Kier alpha value is -1.46. The molecule has 4 rings (SSSR count). The molecular weight excluding hydrogens is 278 g/mol. The standard InChI is InChI=1S/C17H23N3O2/c1-2-9-22-15(5-1)17-19-14-4-3-8-18-16(14)20(17)12-13-6-10-21-11-7-13/h3-4,8,13,15H,1-2,5-7,9-12H2. The van der Waals surface area contributed by atoms with Crippen LogP contribution in [0, 0.1) is 5.92 Å². The normalized spacial score (nSPS) is 23.9. The summed E-state index contributed by atoms with van der Waals surface area (Å²) in [5.41, 5.74) is 1.98. The molecule has 2 aromatic heterocycles. The number of hydrogen-bond donors (Lipinski definition) is 0. The van der Waals surface area contributed by atoms with Crippen LogP contribution in [0.25, 0.3) is 11.2 Å². The first-order valence-corrected chi connectivity index (χ1v) is 8.42. The monoisotopic (exact) mass is 301 g/mol. The molecule has 2 aliphatic rings. The molecule has 1 unspecified atom stereocenters. The van der Waals surface area contributed by atoms with Crippen LogP contribution in [0.15, 0.2) is 18.3 Å². The van der Waals surface area contributed by atoms with Crippen molar-refractivity contribution in [2.45, 2.75) is 44.8 Å². The Balaban J connectivity index is 1.69. The lowest BCUT2D eigenvalue weighted by Crippen LogP contribution is -2.23. The van der Waals surface area contributed by atoms with Crippen molar-refractivity contribution in [2.75, 3.05) is 19.8 Å². The second-order valence-corrected chi connectivity index (χ2v) is 6.34. The summed E-state index contributed by atoms with van der Waals surface area (Å²) in [6.07, 6.45) is 7.68. The molecule has 2 aromatic rings. The van der Waals surface area contributed by atoms with Crippen molar-refractivity contribution in [3.63, 3.8) is 0 Å². The number of aromatic nitrogens is 3. The van der Waals surface area contributed by atoms with Crippen molar-refractivity contribution in [1.29, 1.82) is 0 Å². The summed E-state index contributed by atoms with van der Waals surface area (Å²) in [5, 5.41) is 0. The van der Waals surface area contributed by atoms with Gasteiger partial charge in [-0.3, -0.25) is 0 Å². The van der Waals surface area contributed by atoms with E-state index in [-0.39, 0.29) is 6.10 Å². The second-order valence-electron chi connectivity index (χ2n) is 6.34. The van der Waals surface area contributed by atoms with Gasteiger partial charge >= 0.3 is 0 Å². The highest BCUT2D eigenvalue weighted by Crippen LogP contribution is 2.31. The van der Waals surface area contributed by atoms with E-state index < -0.39 is 0 Å². The first kappa shape index (κ1) is 14.2. The van der Waals surface area contributed by atoms with Crippen LogP contribution < -0.4 is 0 Å². The molecule has 5 heteroatoms. The zero-order valence-electron chi connectivity index (χ0n) is 12.9. The molecule has 0 saturated carbocycles. The van der Waals surface area contributed by atoms with Gasteiger partial charge in [-0.15, -0.1) is 0 Å². The Morgan fingerprint density at radius 3 is 2.86 bits per heavy atom. The molecule has 118 valence electrons. The smallest absolute Gasteiger partial charge is 0.160 e. The molecule has 5 nitrogen and oxygen atoms in total. The molecule has 0 radical (unpaired) electrons. The fraction of sp³-hybridized carbons (Fsp3) is 0.647. The predicted molar refractivity (Wildman–Crippen MR) is 83.6 cm³/mol. The van der Waals surface area contributed by atoms with E-state index in [1.54, 1.807) is 0 Å². The van der Waals surface area contributed by atoms with E-state index in [0.717, 1.165) is 69.0 Å². The average molecular weight is 301 g/mol. The molecular formula is C17H23N3O2. The number of ether oxygens (including phenoxy) is 2. The van der Waals surface area contributed by atoms with Gasteiger partial charge in [-0.2, -0.15) is 0 Å². The second kappa shape index (κ2) is 6.34. The predicted octanol–water partition coefficient (Wildman–Crippen LogP) is 3.10. The zero-order chi connectivity index (χ0) is 14.8. The Morgan fingerprint density at radius 2 is 2.05 bits per heavy atom. The van der Waals surface area contributed by atoms with Crippen LogP contribution in [0.3, 0.4) is 0 Å². The fourth-order valence-corrected chi connectivity index (χ4v) is 3.53. The first-order chi connectivity index (χ1) is 10.9. The summed E-state index contributed by atoms with van der Waals surface area (Å²) in [4.78, 5) is 9.42. The molecule has 2 fully saturated rings. The highest BCUT2D eigenvalue weighted by Gasteiger charge is 2.25. The third-order valence-corrected chi connectivity index (χ3v) is 4.78. The minimum absolute atomic E-state index is 0.128. The van der Waals surface area contributed by atoms with Crippen LogP contribution in [0.4, 0.5) is 0 Å². The molecule has 1 atom stereocenters. The molecule has 0 aromatic carbocycles. The maximum absolute atomic E-state index is 5.99. The summed E-state index contributed by atoms with van der Waals surface area (Å²) >= 11 is 0. The van der Waals surface area contributed by atoms with E-state index in [9.17, 15) is 0 Å². The molecule has 0 N–H and O–H groups in total. The lowest BCUT2D eigenvalue weighted by molar-refractivity contribution is 0.00611. The number of fused-ring (bicyclic) bond motifs is 1. The van der Waals surface area contributed by atoms with E-state index >= 15 is 0 Å². The van der Waals surface area contributed by atoms with Crippen LogP contribution in [0.1, 0.15) is 44.0 Å². The Labute approximate surface area is 130 Å². The molecule has 2 saturated heterocycles. The highest BCUT2D eigenvalue weighted by atomic mass is 16.5. The van der Waals surface area contributed by atoms with Gasteiger partial charge in [0.25, 0.3) is 0 Å². The molecule has 2 aliphatic heterocycles. The zero-order valence-corrected chi connectivity index (χ0v) is 12.9. The molecule has 0 spiro atoms. The topological polar surface area (TPSA) is 49.2 Å². The molecule has 4 heterocycles. The minimum Gasteiger partial charge on any atom is -0.381 e. The van der Waals surface area contributed by atoms with Gasteiger partial charge in [0.1, 0.15) is 17.4 Å². The van der Waals surface area contributed by atoms with E-state index in [0.29, 0.717) is 5.92 Å². The van der Waals surface area contributed by atoms with Gasteiger partial charge < -0.3 is 14.0 Å². The van der Waals surface area contributed by atoms with Crippen LogP contribution >= 0.6 is 0 Å². The lowest BCUT2D eigenvalue weighted by atomic mass is 10.00. The fourth-order valence-electron chi connectivity index (χ4n) is 3.53. The average Bonchev–Trinajstić information content (AvgIpc) is 2.95. The van der Waals surface area contributed by atoms with Gasteiger partial charge in [-0.05, 0) is 50.2 Å². The number of imidazole rings is 1. The van der Waals surface area contributed by atoms with Gasteiger partial charge in [-0.25, -0.2) is 9.97 Å². The van der Waals surface area contributed by atoms with Crippen molar-refractivity contribution < 1.29 is 9.47 Å². The largest absolute Gasteiger partial charge is 0.381 e. The van der Waals surface area contributed by atoms with E-state index in [4.69, 9.17) is 14.5 Å². The quantitative estimate of drug-likeness (QED) is 0.874. The number of pyridine rings is 1. The number of nitrogens with zero attached hydrogens (tertiary/aromatic N) is 3. The minimum atomic E-state index is 0.128. The van der Waals surface area contributed by atoms with E-state index in [1.807, 2.05) is 12.3 Å². The summed E-state index contributed by atoms with van der Waals surface area (Å²) in [7, 11) is 0. The van der Waals surface area contributed by atoms with Crippen LogP contribution in [0.2, 0.25) is 0 Å². The summed E-state index contributed by atoms with van der Waals surface area (Å²) < 4.78 is 13.8. The van der Waals surface area contributed by atoms with Crippen molar-refractivity contribution in [2.24, 2.45) is 5.92 Å². The third kappa shape index (κ3) is 2.75. The lowest BCUT2D eigenvalue weighted by Gasteiger charge is -2.26. The summed E-state index contributed by atoms with van der Waals surface area (Å²) in [5.74, 6) is 1.72. The number of rotatable bonds is 3. The highest BCUT2D eigenvalue weighted by molar-refractivity contribution is 5.71. The van der Waals surface area contributed by atoms with Gasteiger partial charge in [-0.1, -0.05) is 0 Å². The van der Waals surface area contributed by atoms with Crippen molar-refractivity contribution in [3.8, 4) is 0 Å². The Morgan fingerprint density at radius 1 is 1.14 bits per heavy atom. The van der Waals surface area contributed by atoms with Crippen molar-refractivity contribution >= 4 is 11.2 Å². The van der Waals surface area contributed by atoms with Crippen LogP contribution in [-0.2, 0) is 16.0 Å². The summed E-state index contributed by atoms with van der Waals surface area (Å²) in [6, 6.07) is 4.01. The SMILES string of the molecule is c1cnc2c(c1)nc(C1CCCCO1)n2CC1CCOCC1. The Bertz CT molecular complexity index is 628. The summed E-state index contributed by atoms with van der Waals surface area (Å²) in [6.45, 7) is 3.57. The van der Waals surface area contributed by atoms with Gasteiger partial charge in [0.15, 0.2) is 5.65 Å². The van der Waals surface area contributed by atoms with E-state index in [2.05, 4.69) is 15.6 Å². The molecule has 0 aliphatic carbocycles.